The number of hydrogen-bond donors (Lipinski definition) is 2. The molecule has 1 spiro atoms. The molecule has 3 aliphatic rings. The molecule has 1 saturated carbocycles. The van der Waals surface area contributed by atoms with E-state index in [0.717, 1.165) is 37.2 Å². The summed E-state index contributed by atoms with van der Waals surface area (Å²) in [4.78, 5) is 12.8. The fraction of sp³-hybridized carbons (Fsp3) is 0.538. The van der Waals surface area contributed by atoms with Crippen LogP contribution in [0.3, 0.4) is 0 Å². The largest absolute Gasteiger partial charge is 0.395 e. The highest BCUT2D eigenvalue weighted by Gasteiger charge is 2.44. The van der Waals surface area contributed by atoms with Crippen molar-refractivity contribution >= 4 is 27.3 Å². The molecule has 0 radical (unpaired) electrons. The average Bonchev–Trinajstić information content (AvgIpc) is 3.49. The van der Waals surface area contributed by atoms with Crippen LogP contribution in [0, 0.1) is 5.41 Å². The maximum absolute atomic E-state index is 13.6. The third-order valence-electron chi connectivity index (χ3n) is 8.16. The third kappa shape index (κ3) is 5.73. The van der Waals surface area contributed by atoms with Gasteiger partial charge in [0.1, 0.15) is 5.69 Å². The number of halogens is 2. The number of aliphatic hydroxyl groups is 1. The Hall–Kier alpha value is -3.39. The van der Waals surface area contributed by atoms with Crippen LogP contribution in [0.2, 0.25) is 0 Å². The van der Waals surface area contributed by atoms with Crippen molar-refractivity contribution in [1.29, 1.82) is 0 Å². The van der Waals surface area contributed by atoms with Gasteiger partial charge >= 0.3 is 0 Å². The van der Waals surface area contributed by atoms with E-state index in [1.165, 1.54) is 17.5 Å². The molecule has 3 aromatic rings. The van der Waals surface area contributed by atoms with Crippen molar-refractivity contribution < 1.29 is 22.3 Å². The molecule has 2 aromatic heterocycles. The molecule has 1 aromatic carbocycles. The topological polar surface area (TPSA) is 129 Å². The van der Waals surface area contributed by atoms with Crippen molar-refractivity contribution in [3.05, 3.63) is 36.7 Å². The Balaban J connectivity index is 1.28. The molecule has 6 rings (SSSR count). The van der Waals surface area contributed by atoms with Crippen LogP contribution in [0.1, 0.15) is 38.5 Å². The number of alkyl halides is 2. The zero-order valence-electron chi connectivity index (χ0n) is 22.0. The van der Waals surface area contributed by atoms with Gasteiger partial charge in [-0.2, -0.15) is 4.98 Å². The summed E-state index contributed by atoms with van der Waals surface area (Å²) in [6.07, 6.45) is 7.56. The van der Waals surface area contributed by atoms with Gasteiger partial charge in [0.15, 0.2) is 5.82 Å². The quantitative estimate of drug-likeness (QED) is 0.417. The van der Waals surface area contributed by atoms with Crippen LogP contribution in [0.25, 0.3) is 17.1 Å². The summed E-state index contributed by atoms with van der Waals surface area (Å²) in [6.45, 7) is 1.60. The first-order chi connectivity index (χ1) is 19.1. The molecule has 4 heterocycles. The van der Waals surface area contributed by atoms with Gasteiger partial charge in [-0.15, -0.1) is 5.10 Å². The minimum absolute atomic E-state index is 0.175. The van der Waals surface area contributed by atoms with Crippen molar-refractivity contribution in [3.8, 4) is 17.1 Å². The van der Waals surface area contributed by atoms with Crippen molar-refractivity contribution in [2.45, 2.75) is 44.4 Å². The summed E-state index contributed by atoms with van der Waals surface area (Å²) in [6, 6.07) is 6.98. The lowest BCUT2D eigenvalue weighted by Gasteiger charge is -2.35. The molecule has 14 heteroatoms. The maximum Gasteiger partial charge on any atom is 0.251 e. The summed E-state index contributed by atoms with van der Waals surface area (Å²) in [7, 11) is -3.68. The monoisotopic (exact) mass is 574 g/mol. The van der Waals surface area contributed by atoms with E-state index in [1.807, 2.05) is 12.1 Å². The molecule has 214 valence electrons. The van der Waals surface area contributed by atoms with E-state index >= 15 is 0 Å². The number of rotatable bonds is 8. The fourth-order valence-corrected chi connectivity index (χ4v) is 6.30. The highest BCUT2D eigenvalue weighted by atomic mass is 32.2. The van der Waals surface area contributed by atoms with Gasteiger partial charge in [-0.1, -0.05) is 5.21 Å². The van der Waals surface area contributed by atoms with Crippen molar-refractivity contribution in [2.75, 3.05) is 53.1 Å². The van der Waals surface area contributed by atoms with Crippen LogP contribution < -0.4 is 14.5 Å². The van der Waals surface area contributed by atoms with Gasteiger partial charge in [0.05, 0.1) is 24.2 Å². The van der Waals surface area contributed by atoms with Crippen LogP contribution in [0.5, 0.6) is 0 Å². The van der Waals surface area contributed by atoms with E-state index in [-0.39, 0.29) is 31.7 Å². The smallest absolute Gasteiger partial charge is 0.251 e. The van der Waals surface area contributed by atoms with Gasteiger partial charge < -0.3 is 14.9 Å². The summed E-state index contributed by atoms with van der Waals surface area (Å²) >= 11 is 0. The highest BCUT2D eigenvalue weighted by molar-refractivity contribution is 7.92. The molecule has 2 N–H and O–H groups in total. The summed E-state index contributed by atoms with van der Waals surface area (Å²) < 4.78 is 55.9. The summed E-state index contributed by atoms with van der Waals surface area (Å²) in [5, 5.41) is 17.8. The van der Waals surface area contributed by atoms with Gasteiger partial charge in [0, 0.05) is 62.5 Å². The zero-order valence-corrected chi connectivity index (χ0v) is 22.8. The molecule has 2 aliphatic heterocycles. The predicted molar refractivity (Wildman–Crippen MR) is 146 cm³/mol. The van der Waals surface area contributed by atoms with Crippen molar-refractivity contribution in [1.82, 2.24) is 25.0 Å². The SMILES string of the molecule is O=S(=O)(CCO)Nc1ccc(-c2cn(-c3ccnc(N4CCC(F)(F)CC4)n3)nn2)c(N2CCC3(CC2)CC3)c1. The number of aromatic nitrogens is 5. The van der Waals surface area contributed by atoms with Crippen molar-refractivity contribution in [3.63, 3.8) is 0 Å². The fourth-order valence-electron chi connectivity index (χ4n) is 5.48. The minimum atomic E-state index is -3.68. The van der Waals surface area contributed by atoms with E-state index < -0.39 is 22.6 Å². The molecule has 0 bridgehead atoms. The molecule has 11 nitrogen and oxygen atoms in total. The number of benzene rings is 1. The standard InChI is InChI=1S/C26H32F2N8O3S/c27-26(28)8-13-35(14-9-26)24-29-10-3-23(30-24)36-18-21(31-33-36)20-2-1-19(32-40(38,39)16-15-37)17-22(20)34-11-6-25(4-5-25)7-12-34/h1-3,10,17-18,32,37H,4-9,11-16H2. The van der Waals surface area contributed by atoms with E-state index in [1.54, 1.807) is 29.4 Å². The molecule has 3 fully saturated rings. The highest BCUT2D eigenvalue weighted by Crippen LogP contribution is 2.54. The van der Waals surface area contributed by atoms with Gasteiger partial charge in [0.2, 0.25) is 16.0 Å². The van der Waals surface area contributed by atoms with Crippen LogP contribution in [-0.4, -0.2) is 82.9 Å². The Kier molecular flexibility index (Phi) is 6.85. The molecular formula is C26H32F2N8O3S. The van der Waals surface area contributed by atoms with E-state index in [9.17, 15) is 17.2 Å². The Labute approximate surface area is 231 Å². The van der Waals surface area contributed by atoms with E-state index in [2.05, 4.69) is 29.9 Å². The number of nitrogens with one attached hydrogen (secondary N) is 1. The van der Waals surface area contributed by atoms with E-state index in [0.29, 0.717) is 28.6 Å². The van der Waals surface area contributed by atoms with Gasteiger partial charge in [0.25, 0.3) is 5.92 Å². The summed E-state index contributed by atoms with van der Waals surface area (Å²) in [5.41, 5.74) is 3.12. The lowest BCUT2D eigenvalue weighted by Crippen LogP contribution is -2.40. The number of sulfonamides is 1. The normalized spacial score (nSPS) is 20.1. The predicted octanol–water partition coefficient (Wildman–Crippen LogP) is 3.07. The molecule has 0 unspecified atom stereocenters. The molecule has 1 aliphatic carbocycles. The Bertz CT molecular complexity index is 1470. The first kappa shape index (κ1) is 26.8. The number of aliphatic hydroxyl groups excluding tert-OH is 1. The van der Waals surface area contributed by atoms with Crippen LogP contribution in [-0.2, 0) is 10.0 Å². The van der Waals surface area contributed by atoms with Crippen molar-refractivity contribution in [2.24, 2.45) is 5.41 Å². The number of piperidine rings is 2. The van der Waals surface area contributed by atoms with Crippen LogP contribution >= 0.6 is 0 Å². The van der Waals surface area contributed by atoms with Gasteiger partial charge in [-0.3, -0.25) is 4.72 Å². The first-order valence-corrected chi connectivity index (χ1v) is 15.2. The van der Waals surface area contributed by atoms with Gasteiger partial charge in [-0.25, -0.2) is 26.9 Å². The Morgan fingerprint density at radius 2 is 1.70 bits per heavy atom. The molecule has 0 atom stereocenters. The second-order valence-electron chi connectivity index (χ2n) is 11.0. The van der Waals surface area contributed by atoms with Gasteiger partial charge in [-0.05, 0) is 49.3 Å². The Morgan fingerprint density at radius 3 is 2.40 bits per heavy atom. The number of anilines is 3. The second kappa shape index (κ2) is 10.2. The number of nitrogens with zero attached hydrogens (tertiary/aromatic N) is 7. The zero-order chi connectivity index (χ0) is 28.0. The molecule has 2 saturated heterocycles. The number of hydrogen-bond acceptors (Lipinski definition) is 9. The maximum atomic E-state index is 13.6. The molecule has 0 amide bonds. The summed E-state index contributed by atoms with van der Waals surface area (Å²) in [5.74, 6) is -2.21. The average molecular weight is 575 g/mol. The first-order valence-electron chi connectivity index (χ1n) is 13.5. The third-order valence-corrected chi connectivity index (χ3v) is 9.43. The second-order valence-corrected chi connectivity index (χ2v) is 12.8. The molecular weight excluding hydrogens is 542 g/mol. The van der Waals surface area contributed by atoms with E-state index in [4.69, 9.17) is 5.11 Å². The molecule has 40 heavy (non-hydrogen) atoms. The van der Waals surface area contributed by atoms with Crippen LogP contribution in [0.4, 0.5) is 26.1 Å². The van der Waals surface area contributed by atoms with Crippen LogP contribution in [0.15, 0.2) is 36.7 Å². The Morgan fingerprint density at radius 1 is 0.975 bits per heavy atom. The lowest BCUT2D eigenvalue weighted by atomic mass is 9.93. The minimum Gasteiger partial charge on any atom is -0.395 e. The lowest BCUT2D eigenvalue weighted by molar-refractivity contribution is -0.0222.